The van der Waals surface area contributed by atoms with E-state index in [-0.39, 0.29) is 0 Å². The van der Waals surface area contributed by atoms with Crippen LogP contribution in [-0.4, -0.2) is 18.1 Å². The van der Waals surface area contributed by atoms with Crippen molar-refractivity contribution in [3.63, 3.8) is 0 Å². The maximum Gasteiger partial charge on any atom is 0.0704 e. The van der Waals surface area contributed by atoms with Gasteiger partial charge in [-0.25, -0.2) is 0 Å². The second-order valence-electron chi connectivity index (χ2n) is 5.24. The number of rotatable bonds is 2. The van der Waals surface area contributed by atoms with Gasteiger partial charge < -0.3 is 5.32 Å². The maximum absolute atomic E-state index is 4.44. The molecule has 1 fully saturated rings. The third kappa shape index (κ3) is 2.54. The lowest BCUT2D eigenvalue weighted by atomic mass is 9.91. The number of hydrogen-bond acceptors (Lipinski definition) is 2. The summed E-state index contributed by atoms with van der Waals surface area (Å²) in [5.74, 6) is 0.825. The molecule has 2 heteroatoms. The highest BCUT2D eigenvalue weighted by Gasteiger charge is 2.13. The van der Waals surface area contributed by atoms with Crippen molar-refractivity contribution in [2.45, 2.75) is 25.7 Å². The highest BCUT2D eigenvalue weighted by Crippen LogP contribution is 2.23. The second kappa shape index (κ2) is 5.49. The van der Waals surface area contributed by atoms with E-state index in [1.807, 2.05) is 6.20 Å². The molecule has 1 aliphatic heterocycles. The normalized spacial score (nSPS) is 20.8. The Morgan fingerprint density at radius 3 is 3.06 bits per heavy atom. The van der Waals surface area contributed by atoms with Gasteiger partial charge in [-0.2, -0.15) is 0 Å². The van der Waals surface area contributed by atoms with Gasteiger partial charge in [0.2, 0.25) is 0 Å². The Kier molecular flexibility index (Phi) is 3.56. The average Bonchev–Trinajstić information content (AvgIpc) is 2.68. The number of fused-ring (bicyclic) bond motifs is 1. The van der Waals surface area contributed by atoms with Crippen LogP contribution in [0.15, 0.2) is 36.5 Å². The first-order valence-corrected chi connectivity index (χ1v) is 6.97. The summed E-state index contributed by atoms with van der Waals surface area (Å²) >= 11 is 0. The van der Waals surface area contributed by atoms with Gasteiger partial charge in [0, 0.05) is 11.6 Å². The van der Waals surface area contributed by atoms with E-state index < -0.39 is 0 Å². The quantitative estimate of drug-likeness (QED) is 0.872. The van der Waals surface area contributed by atoms with Crippen molar-refractivity contribution < 1.29 is 0 Å². The van der Waals surface area contributed by atoms with Crippen LogP contribution in [0.3, 0.4) is 0 Å². The Labute approximate surface area is 108 Å². The van der Waals surface area contributed by atoms with E-state index in [0.717, 1.165) is 11.4 Å². The van der Waals surface area contributed by atoms with Crippen LogP contribution in [0.1, 0.15) is 24.8 Å². The van der Waals surface area contributed by atoms with Crippen molar-refractivity contribution in [3.05, 3.63) is 42.1 Å². The molecule has 2 heterocycles. The lowest BCUT2D eigenvalue weighted by Crippen LogP contribution is -2.14. The van der Waals surface area contributed by atoms with Gasteiger partial charge in [0.05, 0.1) is 5.52 Å². The summed E-state index contributed by atoms with van der Waals surface area (Å²) in [6, 6.07) is 10.7. The molecule has 0 amide bonds. The first-order valence-electron chi connectivity index (χ1n) is 6.97. The van der Waals surface area contributed by atoms with E-state index >= 15 is 0 Å². The summed E-state index contributed by atoms with van der Waals surface area (Å²) in [6.45, 7) is 2.36. The molecular weight excluding hydrogens is 220 g/mol. The van der Waals surface area contributed by atoms with Gasteiger partial charge in [-0.3, -0.25) is 4.98 Å². The predicted octanol–water partition coefficient (Wildman–Crippen LogP) is 3.17. The molecule has 2 aromatic rings. The van der Waals surface area contributed by atoms with E-state index in [2.05, 4.69) is 40.6 Å². The van der Waals surface area contributed by atoms with E-state index in [4.69, 9.17) is 0 Å². The first kappa shape index (κ1) is 11.7. The van der Waals surface area contributed by atoms with Crippen molar-refractivity contribution in [2.75, 3.05) is 13.1 Å². The molecule has 1 aromatic carbocycles. The molecule has 0 saturated carbocycles. The fourth-order valence-electron chi connectivity index (χ4n) is 2.94. The number of nitrogens with zero attached hydrogens (tertiary/aromatic N) is 1. The fraction of sp³-hybridized carbons (Fsp3) is 0.438. The van der Waals surface area contributed by atoms with Crippen molar-refractivity contribution in [3.8, 4) is 0 Å². The lowest BCUT2D eigenvalue weighted by molar-refractivity contribution is 0.471. The van der Waals surface area contributed by atoms with Crippen LogP contribution in [0.4, 0.5) is 0 Å². The Balaban J connectivity index is 1.85. The molecule has 1 aromatic heterocycles. The first-order chi connectivity index (χ1) is 8.93. The summed E-state index contributed by atoms with van der Waals surface area (Å²) < 4.78 is 0. The minimum atomic E-state index is 0.825. The smallest absolute Gasteiger partial charge is 0.0704 e. The third-order valence-electron chi connectivity index (χ3n) is 3.94. The summed E-state index contributed by atoms with van der Waals surface area (Å²) in [4.78, 5) is 4.44. The van der Waals surface area contributed by atoms with E-state index in [0.29, 0.717) is 0 Å². The molecule has 0 aliphatic carbocycles. The van der Waals surface area contributed by atoms with Gasteiger partial charge in [-0.05, 0) is 62.4 Å². The summed E-state index contributed by atoms with van der Waals surface area (Å²) in [5.41, 5.74) is 2.59. The number of nitrogens with one attached hydrogen (secondary N) is 1. The second-order valence-corrected chi connectivity index (χ2v) is 5.24. The standard InChI is InChI=1S/C16H20N2/c1-2-6-16-15(5-1)14(8-11-18-16)12-13-4-3-9-17-10-7-13/h1-2,5-6,8,11,13,17H,3-4,7,9-10,12H2/t13-/m0/s1. The van der Waals surface area contributed by atoms with Crippen molar-refractivity contribution in [2.24, 2.45) is 5.92 Å². The monoisotopic (exact) mass is 240 g/mol. The molecular formula is C16H20N2. The van der Waals surface area contributed by atoms with Crippen LogP contribution in [-0.2, 0) is 6.42 Å². The van der Waals surface area contributed by atoms with Gasteiger partial charge in [-0.1, -0.05) is 18.2 Å². The summed E-state index contributed by atoms with van der Waals surface area (Å²) in [7, 11) is 0. The summed E-state index contributed by atoms with van der Waals surface area (Å²) in [5, 5.41) is 4.82. The van der Waals surface area contributed by atoms with Gasteiger partial charge in [0.25, 0.3) is 0 Å². The van der Waals surface area contributed by atoms with Crippen LogP contribution >= 0.6 is 0 Å². The Bertz CT molecular complexity index is 508. The molecule has 1 atom stereocenters. The zero-order valence-electron chi connectivity index (χ0n) is 10.7. The Morgan fingerprint density at radius 1 is 1.11 bits per heavy atom. The molecule has 1 N–H and O–H groups in total. The molecule has 0 radical (unpaired) electrons. The molecule has 3 rings (SSSR count). The number of hydrogen-bond donors (Lipinski definition) is 1. The zero-order valence-corrected chi connectivity index (χ0v) is 10.7. The predicted molar refractivity (Wildman–Crippen MR) is 75.7 cm³/mol. The number of para-hydroxylation sites is 1. The van der Waals surface area contributed by atoms with Crippen molar-refractivity contribution in [1.29, 1.82) is 0 Å². The molecule has 1 aliphatic rings. The Morgan fingerprint density at radius 2 is 2.06 bits per heavy atom. The van der Waals surface area contributed by atoms with E-state index in [1.54, 1.807) is 0 Å². The van der Waals surface area contributed by atoms with Crippen molar-refractivity contribution in [1.82, 2.24) is 10.3 Å². The zero-order chi connectivity index (χ0) is 12.2. The third-order valence-corrected chi connectivity index (χ3v) is 3.94. The van der Waals surface area contributed by atoms with E-state index in [9.17, 15) is 0 Å². The maximum atomic E-state index is 4.44. The number of benzene rings is 1. The molecule has 94 valence electrons. The molecule has 0 unspecified atom stereocenters. The largest absolute Gasteiger partial charge is 0.317 e. The van der Waals surface area contributed by atoms with Crippen LogP contribution in [0.25, 0.3) is 10.9 Å². The van der Waals surface area contributed by atoms with Crippen LogP contribution in [0, 0.1) is 5.92 Å². The minimum Gasteiger partial charge on any atom is -0.317 e. The lowest BCUT2D eigenvalue weighted by Gasteiger charge is -2.14. The SMILES string of the molecule is c1ccc2c(C[C@H]3CCCNCC3)ccnc2c1. The topological polar surface area (TPSA) is 24.9 Å². The van der Waals surface area contributed by atoms with Crippen LogP contribution < -0.4 is 5.32 Å². The van der Waals surface area contributed by atoms with Gasteiger partial charge in [0.15, 0.2) is 0 Å². The molecule has 0 bridgehead atoms. The van der Waals surface area contributed by atoms with Gasteiger partial charge in [0.1, 0.15) is 0 Å². The fourth-order valence-corrected chi connectivity index (χ4v) is 2.94. The highest BCUT2D eigenvalue weighted by atomic mass is 14.8. The average molecular weight is 240 g/mol. The van der Waals surface area contributed by atoms with Crippen molar-refractivity contribution >= 4 is 10.9 Å². The molecule has 2 nitrogen and oxygen atoms in total. The van der Waals surface area contributed by atoms with Crippen LogP contribution in [0.5, 0.6) is 0 Å². The molecule has 0 spiro atoms. The number of aromatic nitrogens is 1. The van der Waals surface area contributed by atoms with Gasteiger partial charge in [-0.15, -0.1) is 0 Å². The van der Waals surface area contributed by atoms with Crippen LogP contribution in [0.2, 0.25) is 0 Å². The number of pyridine rings is 1. The van der Waals surface area contributed by atoms with Gasteiger partial charge >= 0.3 is 0 Å². The van der Waals surface area contributed by atoms with E-state index in [1.165, 1.54) is 49.7 Å². The highest BCUT2D eigenvalue weighted by molar-refractivity contribution is 5.81. The molecule has 1 saturated heterocycles. The minimum absolute atomic E-state index is 0.825. The molecule has 18 heavy (non-hydrogen) atoms. The summed E-state index contributed by atoms with van der Waals surface area (Å²) in [6.07, 6.45) is 7.12. The Hall–Kier alpha value is -1.41.